The first-order valence-corrected chi connectivity index (χ1v) is 9.85. The molecule has 0 aliphatic rings. The van der Waals surface area contributed by atoms with E-state index >= 15 is 0 Å². The molecule has 0 saturated carbocycles. The molecule has 3 amide bonds. The van der Waals surface area contributed by atoms with E-state index in [-0.39, 0.29) is 6.42 Å². The molecule has 0 aliphatic carbocycles. The predicted molar refractivity (Wildman–Crippen MR) is 108 cm³/mol. The lowest BCUT2D eigenvalue weighted by Gasteiger charge is -2.20. The number of esters is 1. The van der Waals surface area contributed by atoms with Crippen LogP contribution >= 0.6 is 11.3 Å². The molecule has 0 aliphatic heterocycles. The quantitative estimate of drug-likeness (QED) is 0.723. The minimum Gasteiger partial charge on any atom is -0.455 e. The third-order valence-electron chi connectivity index (χ3n) is 3.59. The van der Waals surface area contributed by atoms with Crippen LogP contribution in [-0.4, -0.2) is 35.0 Å². The number of hydrogen-bond donors (Lipinski definition) is 2. The van der Waals surface area contributed by atoms with Gasteiger partial charge in [-0.25, -0.2) is 9.78 Å². The summed E-state index contributed by atoms with van der Waals surface area (Å²) >= 11 is 1.45. The smallest absolute Gasteiger partial charge is 0.321 e. The third kappa shape index (κ3) is 7.11. The summed E-state index contributed by atoms with van der Waals surface area (Å²) in [6.45, 7) is 6.94. The Kier molecular flexibility index (Phi) is 7.28. The highest BCUT2D eigenvalue weighted by molar-refractivity contribution is 7.13. The van der Waals surface area contributed by atoms with Gasteiger partial charge >= 0.3 is 12.0 Å². The molecule has 1 aromatic carbocycles. The van der Waals surface area contributed by atoms with Crippen molar-refractivity contribution < 1.29 is 19.1 Å². The van der Waals surface area contributed by atoms with Crippen LogP contribution in [0.2, 0.25) is 0 Å². The Morgan fingerprint density at radius 1 is 1.14 bits per heavy atom. The number of carbonyl (C=O) groups excluding carboxylic acids is 3. The number of amides is 3. The minimum atomic E-state index is -0.690. The number of nitrogens with one attached hydrogen (secondary N) is 2. The van der Waals surface area contributed by atoms with Crippen LogP contribution in [0.3, 0.4) is 0 Å². The maximum Gasteiger partial charge on any atom is 0.321 e. The van der Waals surface area contributed by atoms with Crippen molar-refractivity contribution >= 4 is 29.2 Å². The predicted octanol–water partition coefficient (Wildman–Crippen LogP) is 3.08. The van der Waals surface area contributed by atoms with E-state index in [4.69, 9.17) is 4.74 Å². The Morgan fingerprint density at radius 3 is 2.43 bits per heavy atom. The van der Waals surface area contributed by atoms with Crippen LogP contribution in [0.1, 0.15) is 39.0 Å². The topological polar surface area (TPSA) is 97.4 Å². The number of aromatic nitrogens is 1. The molecule has 2 aromatic rings. The first-order chi connectivity index (χ1) is 13.2. The summed E-state index contributed by atoms with van der Waals surface area (Å²) < 4.78 is 4.92. The van der Waals surface area contributed by atoms with E-state index in [1.54, 1.807) is 26.2 Å². The Labute approximate surface area is 168 Å². The molecule has 2 N–H and O–H groups in total. The molecule has 0 saturated heterocycles. The number of hydrogen-bond acceptors (Lipinski definition) is 6. The fourth-order valence-electron chi connectivity index (χ4n) is 2.28. The second-order valence-electron chi connectivity index (χ2n) is 7.28. The number of nitrogens with zero attached hydrogens (tertiary/aromatic N) is 1. The number of carbonyl (C=O) groups is 3. The van der Waals surface area contributed by atoms with Crippen molar-refractivity contribution in [1.82, 2.24) is 15.6 Å². The van der Waals surface area contributed by atoms with Crippen molar-refractivity contribution in [2.24, 2.45) is 0 Å². The minimum absolute atomic E-state index is 0.0367. The molecular formula is C20H25N3O4S. The van der Waals surface area contributed by atoms with E-state index < -0.39 is 30.1 Å². The van der Waals surface area contributed by atoms with Crippen LogP contribution < -0.4 is 10.6 Å². The summed E-state index contributed by atoms with van der Waals surface area (Å²) in [7, 11) is 0. The summed E-state index contributed by atoms with van der Waals surface area (Å²) in [4.78, 5) is 39.6. The molecule has 1 aromatic heterocycles. The SMILES string of the molecule is CCc1ccc(-c2nc(CC(=O)OCC(=O)NC(=O)NC(C)(C)C)cs2)cc1. The Bertz CT molecular complexity index is 838. The first-order valence-electron chi connectivity index (χ1n) is 8.97. The van der Waals surface area contributed by atoms with Gasteiger partial charge in [0.2, 0.25) is 0 Å². The van der Waals surface area contributed by atoms with E-state index in [2.05, 4.69) is 34.7 Å². The van der Waals surface area contributed by atoms with Crippen LogP contribution in [-0.2, 0) is 27.2 Å². The molecule has 8 heteroatoms. The molecule has 0 radical (unpaired) electrons. The molecule has 7 nitrogen and oxygen atoms in total. The molecule has 150 valence electrons. The van der Waals surface area contributed by atoms with Crippen LogP contribution in [0, 0.1) is 0 Å². The van der Waals surface area contributed by atoms with Crippen molar-refractivity contribution in [3.8, 4) is 10.6 Å². The van der Waals surface area contributed by atoms with Crippen molar-refractivity contribution in [3.63, 3.8) is 0 Å². The maximum absolute atomic E-state index is 11.9. The van der Waals surface area contributed by atoms with Gasteiger partial charge in [-0.2, -0.15) is 0 Å². The Morgan fingerprint density at radius 2 is 1.82 bits per heavy atom. The highest BCUT2D eigenvalue weighted by atomic mass is 32.1. The highest BCUT2D eigenvalue weighted by Gasteiger charge is 2.17. The Balaban J connectivity index is 1.81. The standard InChI is InChI=1S/C20H25N3O4S/c1-5-13-6-8-14(9-7-13)18-21-15(12-28-18)10-17(25)27-11-16(24)22-19(26)23-20(2,3)4/h6-9,12H,5,10-11H2,1-4H3,(H2,22,23,24,26). The summed E-state index contributed by atoms with van der Waals surface area (Å²) in [5, 5.41) is 7.31. The van der Waals surface area contributed by atoms with Crippen molar-refractivity contribution in [1.29, 1.82) is 0 Å². The number of imide groups is 1. The monoisotopic (exact) mass is 403 g/mol. The van der Waals surface area contributed by atoms with E-state index in [0.717, 1.165) is 17.0 Å². The molecule has 1 heterocycles. The van der Waals surface area contributed by atoms with Crippen LogP contribution in [0.4, 0.5) is 4.79 Å². The van der Waals surface area contributed by atoms with E-state index in [1.165, 1.54) is 16.9 Å². The first kappa shape index (κ1) is 21.6. The van der Waals surface area contributed by atoms with Gasteiger partial charge < -0.3 is 10.1 Å². The van der Waals surface area contributed by atoms with E-state index in [0.29, 0.717) is 5.69 Å². The van der Waals surface area contributed by atoms with Gasteiger partial charge in [0.1, 0.15) is 5.01 Å². The van der Waals surface area contributed by atoms with E-state index in [9.17, 15) is 14.4 Å². The number of rotatable bonds is 6. The fraction of sp³-hybridized carbons (Fsp3) is 0.400. The molecule has 0 atom stereocenters. The third-order valence-corrected chi connectivity index (χ3v) is 4.53. The lowest BCUT2D eigenvalue weighted by Crippen LogP contribution is -2.49. The van der Waals surface area contributed by atoms with Crippen molar-refractivity contribution in [2.45, 2.75) is 46.1 Å². The fourth-order valence-corrected chi connectivity index (χ4v) is 3.11. The number of ether oxygens (including phenoxy) is 1. The molecule has 28 heavy (non-hydrogen) atoms. The van der Waals surface area contributed by atoms with Crippen LogP contribution in [0.25, 0.3) is 10.6 Å². The van der Waals surface area contributed by atoms with Gasteiger partial charge in [-0.1, -0.05) is 31.2 Å². The lowest BCUT2D eigenvalue weighted by molar-refractivity contribution is -0.147. The molecular weight excluding hydrogens is 378 g/mol. The van der Waals surface area contributed by atoms with Gasteiger partial charge in [-0.3, -0.25) is 14.9 Å². The summed E-state index contributed by atoms with van der Waals surface area (Å²) in [6, 6.07) is 7.49. The number of urea groups is 1. The second-order valence-corrected chi connectivity index (χ2v) is 8.14. The molecule has 0 fully saturated rings. The van der Waals surface area contributed by atoms with Gasteiger partial charge in [-0.15, -0.1) is 11.3 Å². The van der Waals surface area contributed by atoms with Gasteiger partial charge in [0, 0.05) is 16.5 Å². The molecule has 0 spiro atoms. The van der Waals surface area contributed by atoms with Gasteiger partial charge in [-0.05, 0) is 32.8 Å². The maximum atomic E-state index is 11.9. The zero-order valence-corrected chi connectivity index (χ0v) is 17.3. The molecule has 2 rings (SSSR count). The molecule has 0 unspecified atom stereocenters. The number of aryl methyl sites for hydroxylation is 1. The van der Waals surface area contributed by atoms with Crippen molar-refractivity contribution in [3.05, 3.63) is 40.9 Å². The number of thiazole rings is 1. The van der Waals surface area contributed by atoms with Crippen molar-refractivity contribution in [2.75, 3.05) is 6.61 Å². The van der Waals surface area contributed by atoms with E-state index in [1.807, 2.05) is 12.1 Å². The zero-order chi connectivity index (χ0) is 20.7. The summed E-state index contributed by atoms with van der Waals surface area (Å²) in [5.74, 6) is -1.27. The van der Waals surface area contributed by atoms with Crippen LogP contribution in [0.5, 0.6) is 0 Å². The zero-order valence-electron chi connectivity index (χ0n) is 16.5. The molecule has 0 bridgehead atoms. The van der Waals surface area contributed by atoms with Crippen LogP contribution in [0.15, 0.2) is 29.6 Å². The lowest BCUT2D eigenvalue weighted by atomic mass is 10.1. The normalized spacial score (nSPS) is 11.0. The average molecular weight is 404 g/mol. The summed E-state index contributed by atoms with van der Waals surface area (Å²) in [6.07, 6.45) is 0.936. The van der Waals surface area contributed by atoms with Gasteiger partial charge in [0.25, 0.3) is 5.91 Å². The Hall–Kier alpha value is -2.74. The number of benzene rings is 1. The average Bonchev–Trinajstić information content (AvgIpc) is 3.06. The largest absolute Gasteiger partial charge is 0.455 e. The highest BCUT2D eigenvalue weighted by Crippen LogP contribution is 2.24. The van der Waals surface area contributed by atoms with Gasteiger partial charge in [0.15, 0.2) is 6.61 Å². The van der Waals surface area contributed by atoms with Gasteiger partial charge in [0.05, 0.1) is 12.1 Å². The second kappa shape index (κ2) is 9.45. The summed E-state index contributed by atoms with van der Waals surface area (Å²) in [5.41, 5.74) is 2.35.